The Kier molecular flexibility index (Phi) is 4.12. The number of aromatic nitrogens is 1. The maximum Gasteiger partial charge on any atom is 0.252 e. The molecule has 0 unspecified atom stereocenters. The van der Waals surface area contributed by atoms with E-state index in [4.69, 9.17) is 0 Å². The van der Waals surface area contributed by atoms with E-state index in [1.807, 2.05) is 11.3 Å². The monoisotopic (exact) mass is 538 g/mol. The molecular weight excluding hydrogens is 515 g/mol. The highest BCUT2D eigenvalue weighted by atomic mass is 32.1. The molecule has 6 aromatic carbocycles. The van der Waals surface area contributed by atoms with Crippen molar-refractivity contribution in [3.8, 4) is 5.69 Å². The Bertz CT molecular complexity index is 2400. The van der Waals surface area contributed by atoms with Crippen molar-refractivity contribution in [2.45, 2.75) is 6.92 Å². The highest BCUT2D eigenvalue weighted by Crippen LogP contribution is 2.45. The molecule has 2 aromatic heterocycles. The van der Waals surface area contributed by atoms with Crippen molar-refractivity contribution in [3.05, 3.63) is 127 Å². The Morgan fingerprint density at radius 1 is 0.561 bits per heavy atom. The summed E-state index contributed by atoms with van der Waals surface area (Å²) < 4.78 is 5.30. The van der Waals surface area contributed by atoms with Gasteiger partial charge >= 0.3 is 0 Å². The summed E-state index contributed by atoms with van der Waals surface area (Å²) in [6.07, 6.45) is 0. The van der Waals surface area contributed by atoms with E-state index in [9.17, 15) is 0 Å². The van der Waals surface area contributed by atoms with E-state index in [-0.39, 0.29) is 6.71 Å². The third-order valence-corrected chi connectivity index (χ3v) is 10.3. The van der Waals surface area contributed by atoms with E-state index in [2.05, 4.69) is 138 Å². The summed E-state index contributed by atoms with van der Waals surface area (Å²) >= 11 is 1.90. The van der Waals surface area contributed by atoms with Gasteiger partial charge in [-0.15, -0.1) is 11.3 Å². The number of para-hydroxylation sites is 3. The molecule has 0 atom stereocenters. The van der Waals surface area contributed by atoms with Gasteiger partial charge in [0.2, 0.25) is 0 Å². The molecule has 4 heteroatoms. The second-order valence-corrected chi connectivity index (χ2v) is 12.5. The van der Waals surface area contributed by atoms with Gasteiger partial charge in [0.1, 0.15) is 0 Å². The molecule has 2 nitrogen and oxygen atoms in total. The Morgan fingerprint density at radius 3 is 2.22 bits per heavy atom. The van der Waals surface area contributed by atoms with Crippen molar-refractivity contribution < 1.29 is 0 Å². The van der Waals surface area contributed by atoms with Gasteiger partial charge in [0, 0.05) is 59.2 Å². The zero-order chi connectivity index (χ0) is 26.8. The zero-order valence-corrected chi connectivity index (χ0v) is 23.2. The quantitative estimate of drug-likeness (QED) is 0.192. The molecule has 0 aliphatic carbocycles. The van der Waals surface area contributed by atoms with Crippen LogP contribution in [0.25, 0.3) is 47.7 Å². The first-order valence-electron chi connectivity index (χ1n) is 14.2. The van der Waals surface area contributed by atoms with Crippen LogP contribution in [0.3, 0.4) is 0 Å². The average molecular weight is 538 g/mol. The van der Waals surface area contributed by atoms with Crippen LogP contribution in [0, 0.1) is 6.92 Å². The van der Waals surface area contributed by atoms with Gasteiger partial charge in [-0.25, -0.2) is 0 Å². The number of hydrogen-bond donors (Lipinski definition) is 0. The largest absolute Gasteiger partial charge is 0.311 e. The van der Waals surface area contributed by atoms with E-state index >= 15 is 0 Å². The minimum Gasteiger partial charge on any atom is -0.311 e. The predicted molar refractivity (Wildman–Crippen MR) is 178 cm³/mol. The molecule has 2 aliphatic rings. The molecule has 0 N–H and O–H groups in total. The molecule has 2 aliphatic heterocycles. The number of anilines is 3. The summed E-state index contributed by atoms with van der Waals surface area (Å²) in [5, 5.41) is 5.39. The van der Waals surface area contributed by atoms with Gasteiger partial charge in [0.05, 0.1) is 5.52 Å². The highest BCUT2D eigenvalue weighted by molar-refractivity contribution is 7.26. The molecular formula is C37H23BN2S. The van der Waals surface area contributed by atoms with Crippen molar-refractivity contribution >= 4 is 93.5 Å². The van der Waals surface area contributed by atoms with Crippen LogP contribution in [0.2, 0.25) is 0 Å². The van der Waals surface area contributed by atoms with Crippen LogP contribution in [-0.2, 0) is 0 Å². The number of rotatable bonds is 1. The summed E-state index contributed by atoms with van der Waals surface area (Å²) in [6.45, 7) is 2.42. The number of nitrogens with zero attached hydrogens (tertiary/aromatic N) is 2. The van der Waals surface area contributed by atoms with E-state index in [1.165, 1.54) is 86.7 Å². The molecule has 0 radical (unpaired) electrons. The minimum atomic E-state index is 0.173. The topological polar surface area (TPSA) is 8.17 Å². The number of fused-ring (bicyclic) bond motifs is 11. The van der Waals surface area contributed by atoms with Crippen molar-refractivity contribution in [3.63, 3.8) is 0 Å². The Balaban J connectivity index is 1.45. The van der Waals surface area contributed by atoms with Gasteiger partial charge in [-0.1, -0.05) is 78.9 Å². The first kappa shape index (κ1) is 22.0. The van der Waals surface area contributed by atoms with Crippen molar-refractivity contribution in [1.29, 1.82) is 0 Å². The standard InChI is InChI=1S/C37H23BN2S/c1-22-20-30-35-31(21-22)40-36-24(25-18-19-33-34(37(25)40)26-12-5-8-17-32(26)41-33)13-9-15-28(36)38(35)27-14-6-7-16-29(27)39(30)23-10-3-2-4-11-23/h2-21H,1H3. The molecule has 0 saturated heterocycles. The summed E-state index contributed by atoms with van der Waals surface area (Å²) in [4.78, 5) is 2.48. The lowest BCUT2D eigenvalue weighted by atomic mass is 9.34. The highest BCUT2D eigenvalue weighted by Gasteiger charge is 2.42. The Morgan fingerprint density at radius 2 is 1.29 bits per heavy atom. The summed E-state index contributed by atoms with van der Waals surface area (Å²) in [7, 11) is 0. The first-order valence-corrected chi connectivity index (χ1v) is 15.1. The maximum absolute atomic E-state index is 2.61. The number of hydrogen-bond acceptors (Lipinski definition) is 2. The lowest BCUT2D eigenvalue weighted by Crippen LogP contribution is -2.60. The fourth-order valence-electron chi connectivity index (χ4n) is 7.69. The van der Waals surface area contributed by atoms with Crippen LogP contribution in [0.1, 0.15) is 5.56 Å². The zero-order valence-electron chi connectivity index (χ0n) is 22.4. The van der Waals surface area contributed by atoms with Gasteiger partial charge < -0.3 is 9.47 Å². The molecule has 4 heterocycles. The fraction of sp³-hybridized carbons (Fsp3) is 0.0270. The summed E-state index contributed by atoms with van der Waals surface area (Å²) in [5.41, 5.74) is 13.2. The van der Waals surface area contributed by atoms with E-state index in [0.717, 1.165) is 0 Å². The summed E-state index contributed by atoms with van der Waals surface area (Å²) in [5.74, 6) is 0. The lowest BCUT2D eigenvalue weighted by Gasteiger charge is -2.40. The SMILES string of the molecule is Cc1cc2c3c(c1)-n1c4c(cccc4c4ccc5sc6ccccc6c5c41)B3c1ccccc1N2c1ccccc1. The molecule has 0 saturated carbocycles. The predicted octanol–water partition coefficient (Wildman–Crippen LogP) is 8.07. The van der Waals surface area contributed by atoms with Gasteiger partial charge in [-0.3, -0.25) is 0 Å². The minimum absolute atomic E-state index is 0.173. The third kappa shape index (κ3) is 2.69. The Hall–Kier alpha value is -4.80. The molecule has 10 rings (SSSR count). The smallest absolute Gasteiger partial charge is 0.252 e. The second kappa shape index (κ2) is 7.69. The van der Waals surface area contributed by atoms with Gasteiger partial charge in [0.25, 0.3) is 6.71 Å². The van der Waals surface area contributed by atoms with E-state index < -0.39 is 0 Å². The Labute approximate surface area is 241 Å². The summed E-state index contributed by atoms with van der Waals surface area (Å²) in [6, 6.07) is 45.2. The van der Waals surface area contributed by atoms with Crippen LogP contribution < -0.4 is 21.3 Å². The number of aryl methyl sites for hydroxylation is 1. The maximum atomic E-state index is 2.61. The normalized spacial score (nSPS) is 13.4. The van der Waals surface area contributed by atoms with Crippen LogP contribution >= 0.6 is 11.3 Å². The molecule has 0 amide bonds. The van der Waals surface area contributed by atoms with Crippen LogP contribution in [0.15, 0.2) is 121 Å². The number of thiophene rings is 1. The molecule has 0 fully saturated rings. The van der Waals surface area contributed by atoms with Gasteiger partial charge in [-0.2, -0.15) is 0 Å². The third-order valence-electron chi connectivity index (χ3n) is 9.19. The van der Waals surface area contributed by atoms with Crippen molar-refractivity contribution in [2.75, 3.05) is 4.90 Å². The van der Waals surface area contributed by atoms with Crippen molar-refractivity contribution in [2.24, 2.45) is 0 Å². The molecule has 190 valence electrons. The molecule has 8 aromatic rings. The van der Waals surface area contributed by atoms with Crippen LogP contribution in [-0.4, -0.2) is 11.3 Å². The number of benzene rings is 6. The van der Waals surface area contributed by atoms with Crippen LogP contribution in [0.5, 0.6) is 0 Å². The van der Waals surface area contributed by atoms with Gasteiger partial charge in [0.15, 0.2) is 0 Å². The van der Waals surface area contributed by atoms with Gasteiger partial charge in [-0.05, 0) is 71.3 Å². The second-order valence-electron chi connectivity index (χ2n) is 11.4. The molecule has 0 spiro atoms. The fourth-order valence-corrected chi connectivity index (χ4v) is 8.79. The average Bonchev–Trinajstić information content (AvgIpc) is 3.56. The molecule has 41 heavy (non-hydrogen) atoms. The molecule has 0 bridgehead atoms. The van der Waals surface area contributed by atoms with E-state index in [0.29, 0.717) is 0 Å². The van der Waals surface area contributed by atoms with Crippen molar-refractivity contribution in [1.82, 2.24) is 4.57 Å². The van der Waals surface area contributed by atoms with Crippen LogP contribution in [0.4, 0.5) is 17.1 Å². The first-order chi connectivity index (χ1) is 20.3. The van der Waals surface area contributed by atoms with E-state index in [1.54, 1.807) is 0 Å². The lowest BCUT2D eigenvalue weighted by molar-refractivity contribution is 1.17.